The minimum Gasteiger partial charge on any atom is -0.247 e. The van der Waals surface area contributed by atoms with Gasteiger partial charge in [0.25, 0.3) is 0 Å². The van der Waals surface area contributed by atoms with Crippen molar-refractivity contribution in [3.63, 3.8) is 0 Å². The van der Waals surface area contributed by atoms with Crippen molar-refractivity contribution < 1.29 is 0 Å². The van der Waals surface area contributed by atoms with Crippen LogP contribution in [-0.4, -0.2) is 13.7 Å². The Balaban J connectivity index is 1.48. The molecule has 7 aromatic rings. The van der Waals surface area contributed by atoms with Gasteiger partial charge in [0.2, 0.25) is 0 Å². The number of aromatic nitrogens is 3. The number of nitriles is 4. The lowest BCUT2D eigenvalue weighted by molar-refractivity contribution is 1.40. The molecular formula is C35H15N7S. The van der Waals surface area contributed by atoms with Gasteiger partial charge in [-0.2, -0.15) is 29.8 Å². The fourth-order valence-corrected chi connectivity index (χ4v) is 6.08. The van der Waals surface area contributed by atoms with Gasteiger partial charge in [-0.15, -0.1) is 0 Å². The van der Waals surface area contributed by atoms with E-state index in [4.69, 9.17) is 9.36 Å². The first-order valence-electron chi connectivity index (χ1n) is 13.1. The minimum atomic E-state index is 0.265. The highest BCUT2D eigenvalue weighted by Gasteiger charge is 2.20. The Bertz CT molecular complexity index is 2400. The monoisotopic (exact) mass is 565 g/mol. The van der Waals surface area contributed by atoms with Gasteiger partial charge in [0.05, 0.1) is 69.5 Å². The largest absolute Gasteiger partial charge is 0.247 e. The second kappa shape index (κ2) is 10.2. The normalized spacial score (nSPS) is 10.7. The molecule has 0 saturated carbocycles. The maximum atomic E-state index is 9.78. The van der Waals surface area contributed by atoms with Crippen LogP contribution >= 0.6 is 11.7 Å². The fourth-order valence-electron chi connectivity index (χ4n) is 5.52. The SMILES string of the molecule is N#Cc1ccc(-c2cc3c(-c4ccc(-c5c(C#N)cc(C#N)cc5C#N)cc4)nc4ccccc4c3c3nsnc23)cc1. The third-order valence-electron chi connectivity index (χ3n) is 7.48. The summed E-state index contributed by atoms with van der Waals surface area (Å²) in [5, 5.41) is 41.0. The molecule has 0 fully saturated rings. The van der Waals surface area contributed by atoms with Crippen molar-refractivity contribution in [3.8, 4) is 57.8 Å². The zero-order valence-corrected chi connectivity index (χ0v) is 23.0. The molecule has 0 bridgehead atoms. The quantitative estimate of drug-likeness (QED) is 0.199. The van der Waals surface area contributed by atoms with Gasteiger partial charge in [0, 0.05) is 32.8 Å². The van der Waals surface area contributed by atoms with Gasteiger partial charge in [-0.25, -0.2) is 4.98 Å². The molecule has 7 nitrogen and oxygen atoms in total. The molecular weight excluding hydrogens is 551 g/mol. The number of pyridine rings is 1. The zero-order valence-electron chi connectivity index (χ0n) is 22.2. The van der Waals surface area contributed by atoms with Crippen LogP contribution in [0, 0.1) is 45.3 Å². The molecule has 43 heavy (non-hydrogen) atoms. The predicted octanol–water partition coefficient (Wildman–Crippen LogP) is 7.88. The van der Waals surface area contributed by atoms with Gasteiger partial charge in [-0.1, -0.05) is 54.6 Å². The van der Waals surface area contributed by atoms with Crippen molar-refractivity contribution in [1.82, 2.24) is 13.7 Å². The van der Waals surface area contributed by atoms with E-state index in [0.717, 1.165) is 66.8 Å². The topological polar surface area (TPSA) is 134 Å². The van der Waals surface area contributed by atoms with Crippen molar-refractivity contribution in [2.45, 2.75) is 0 Å². The Morgan fingerprint density at radius 2 is 1.19 bits per heavy atom. The second-order valence-corrected chi connectivity index (χ2v) is 10.4. The summed E-state index contributed by atoms with van der Waals surface area (Å²) in [6.45, 7) is 0. The van der Waals surface area contributed by atoms with E-state index in [2.05, 4.69) is 28.6 Å². The highest BCUT2D eigenvalue weighted by atomic mass is 32.1. The number of rotatable bonds is 3. The summed E-state index contributed by atoms with van der Waals surface area (Å²) in [6, 6.07) is 36.5. The van der Waals surface area contributed by atoms with Crippen LogP contribution in [-0.2, 0) is 0 Å². The minimum absolute atomic E-state index is 0.265. The molecule has 0 aliphatic rings. The molecule has 0 aliphatic heterocycles. The third kappa shape index (κ3) is 4.12. The maximum absolute atomic E-state index is 9.78. The van der Waals surface area contributed by atoms with Crippen molar-refractivity contribution in [2.24, 2.45) is 0 Å². The zero-order chi connectivity index (χ0) is 29.5. The number of para-hydroxylation sites is 1. The fraction of sp³-hybridized carbons (Fsp3) is 0. The summed E-state index contributed by atoms with van der Waals surface area (Å²) in [5.74, 6) is 0. The predicted molar refractivity (Wildman–Crippen MR) is 165 cm³/mol. The maximum Gasteiger partial charge on any atom is 0.114 e. The van der Waals surface area contributed by atoms with Crippen molar-refractivity contribution >= 4 is 44.4 Å². The molecule has 0 aliphatic carbocycles. The standard InChI is InChI=1S/C35H15N7S/c36-16-20-5-7-22(8-6-20)28-15-29-32(35-34(28)41-43-42-35)27-3-1-2-4-30(27)40-33(29)24-11-9-23(10-12-24)31-25(18-38)13-21(17-37)14-26(31)19-39/h1-15H. The third-order valence-corrected chi connectivity index (χ3v) is 8.01. The van der Waals surface area contributed by atoms with E-state index in [9.17, 15) is 21.0 Å². The number of hydrogen-bond acceptors (Lipinski definition) is 8. The van der Waals surface area contributed by atoms with E-state index in [0.29, 0.717) is 16.7 Å². The summed E-state index contributed by atoms with van der Waals surface area (Å²) in [5.41, 5.74) is 8.36. The molecule has 0 unspecified atom stereocenters. The number of fused-ring (bicyclic) bond motifs is 5. The first-order chi connectivity index (χ1) is 21.1. The Hall–Kier alpha value is -6.45. The molecule has 2 aromatic heterocycles. The van der Waals surface area contributed by atoms with Gasteiger partial charge >= 0.3 is 0 Å². The summed E-state index contributed by atoms with van der Waals surface area (Å²) in [6.07, 6.45) is 0. The summed E-state index contributed by atoms with van der Waals surface area (Å²) in [7, 11) is 0. The highest BCUT2D eigenvalue weighted by Crippen LogP contribution is 2.41. The molecule has 2 heterocycles. The van der Waals surface area contributed by atoms with Crippen LogP contribution in [0.15, 0.2) is 91.0 Å². The first-order valence-corrected chi connectivity index (χ1v) is 13.8. The Morgan fingerprint density at radius 3 is 1.86 bits per heavy atom. The van der Waals surface area contributed by atoms with Gasteiger partial charge in [0.1, 0.15) is 11.0 Å². The Morgan fingerprint density at radius 1 is 0.558 bits per heavy atom. The average molecular weight is 566 g/mol. The molecule has 5 aromatic carbocycles. The molecule has 0 saturated heterocycles. The molecule has 0 amide bonds. The Kier molecular flexibility index (Phi) is 6.04. The lowest BCUT2D eigenvalue weighted by Gasteiger charge is -2.14. The van der Waals surface area contributed by atoms with Crippen LogP contribution < -0.4 is 0 Å². The van der Waals surface area contributed by atoms with Crippen molar-refractivity contribution in [3.05, 3.63) is 113 Å². The van der Waals surface area contributed by atoms with Crippen LogP contribution in [0.2, 0.25) is 0 Å². The molecule has 0 N–H and O–H groups in total. The van der Waals surface area contributed by atoms with Crippen molar-refractivity contribution in [2.75, 3.05) is 0 Å². The molecule has 196 valence electrons. The molecule has 0 radical (unpaired) electrons. The number of benzene rings is 5. The summed E-state index contributed by atoms with van der Waals surface area (Å²) < 4.78 is 9.38. The second-order valence-electron chi connectivity index (χ2n) is 9.83. The van der Waals surface area contributed by atoms with E-state index in [1.54, 1.807) is 12.1 Å². The number of hydrogen-bond donors (Lipinski definition) is 0. The smallest absolute Gasteiger partial charge is 0.114 e. The Labute approximate surface area is 249 Å². The van der Waals surface area contributed by atoms with E-state index >= 15 is 0 Å². The average Bonchev–Trinajstić information content (AvgIpc) is 3.57. The van der Waals surface area contributed by atoms with E-state index in [1.807, 2.05) is 66.7 Å². The van der Waals surface area contributed by atoms with Crippen LogP contribution in [0.25, 0.3) is 66.2 Å². The van der Waals surface area contributed by atoms with Gasteiger partial charge in [-0.3, -0.25) is 0 Å². The highest BCUT2D eigenvalue weighted by molar-refractivity contribution is 7.00. The van der Waals surface area contributed by atoms with E-state index in [1.165, 1.54) is 12.1 Å². The summed E-state index contributed by atoms with van der Waals surface area (Å²) >= 11 is 1.16. The van der Waals surface area contributed by atoms with Gasteiger partial charge in [0.15, 0.2) is 0 Å². The van der Waals surface area contributed by atoms with Crippen LogP contribution in [0.4, 0.5) is 0 Å². The van der Waals surface area contributed by atoms with Gasteiger partial charge in [-0.05, 0) is 47.5 Å². The summed E-state index contributed by atoms with van der Waals surface area (Å²) in [4.78, 5) is 5.09. The van der Waals surface area contributed by atoms with E-state index < -0.39 is 0 Å². The molecule has 0 atom stereocenters. The number of nitrogens with zero attached hydrogens (tertiary/aromatic N) is 7. The first kappa shape index (κ1) is 25.5. The van der Waals surface area contributed by atoms with Crippen molar-refractivity contribution in [1.29, 1.82) is 21.0 Å². The van der Waals surface area contributed by atoms with Crippen LogP contribution in [0.5, 0.6) is 0 Å². The molecule has 7 rings (SSSR count). The molecule has 0 spiro atoms. The van der Waals surface area contributed by atoms with E-state index in [-0.39, 0.29) is 16.7 Å². The lowest BCUT2D eigenvalue weighted by atomic mass is 9.91. The lowest BCUT2D eigenvalue weighted by Crippen LogP contribution is -1.94. The van der Waals surface area contributed by atoms with Crippen LogP contribution in [0.3, 0.4) is 0 Å². The van der Waals surface area contributed by atoms with Gasteiger partial charge < -0.3 is 0 Å². The van der Waals surface area contributed by atoms with Crippen LogP contribution in [0.1, 0.15) is 22.3 Å². The molecule has 8 heteroatoms.